The Labute approximate surface area is 247 Å². The van der Waals surface area contributed by atoms with Crippen molar-refractivity contribution in [1.82, 2.24) is 0 Å². The van der Waals surface area contributed by atoms with E-state index in [1.54, 1.807) is 26.0 Å². The number of fused-ring (bicyclic) bond motifs is 1. The molecule has 43 heavy (non-hydrogen) atoms. The molecule has 0 fully saturated rings. The quantitative estimate of drug-likeness (QED) is 0.309. The first-order valence-electron chi connectivity index (χ1n) is 13.9. The van der Waals surface area contributed by atoms with Gasteiger partial charge in [-0.1, -0.05) is 13.8 Å². The summed E-state index contributed by atoms with van der Waals surface area (Å²) in [7, 11) is 0. The lowest BCUT2D eigenvalue weighted by Gasteiger charge is -2.22. The molecule has 220 valence electrons. The van der Waals surface area contributed by atoms with Crippen molar-refractivity contribution in [2.45, 2.75) is 34.6 Å². The summed E-state index contributed by atoms with van der Waals surface area (Å²) in [6.45, 7) is 10.6. The van der Waals surface area contributed by atoms with Crippen LogP contribution in [0.2, 0.25) is 0 Å². The van der Waals surface area contributed by atoms with Crippen LogP contribution in [0.25, 0.3) is 11.0 Å². The third-order valence-corrected chi connectivity index (χ3v) is 7.44. The van der Waals surface area contributed by atoms with E-state index in [0.717, 1.165) is 28.6 Å². The summed E-state index contributed by atoms with van der Waals surface area (Å²) < 4.78 is 5.49. The highest BCUT2D eigenvalue weighted by Crippen LogP contribution is 2.34. The standard InChI is InChI=1S/C32H30N4O7/c1-6-34(7-2)21-9-8-19-11-25(32(42)43-26(19)15-21)29(39)33-20-12-22(35-27(37)10-18(5)30(35)40)14-23(13-20)36-28(38)16-24(17(3)4)31(36)41/h8-17H,6-7H2,1-5H3,(H,33,39). The SMILES string of the molecule is CCN(CC)c1ccc2cc(C(=O)Nc3cc(N4C(=O)C=C(C)C4=O)cc(N4C(=O)C=C(C(C)C)C4=O)c3)c(=O)oc2c1. The molecule has 0 saturated heterocycles. The smallest absolute Gasteiger partial charge is 0.349 e. The number of hydrogen-bond acceptors (Lipinski definition) is 8. The normalized spacial score (nSPS) is 15.1. The Morgan fingerprint density at radius 3 is 2.05 bits per heavy atom. The predicted octanol–water partition coefficient (Wildman–Crippen LogP) is 4.17. The second kappa shape index (κ2) is 11.2. The highest BCUT2D eigenvalue weighted by molar-refractivity contribution is 6.32. The van der Waals surface area contributed by atoms with E-state index in [4.69, 9.17) is 4.42 Å². The fourth-order valence-corrected chi connectivity index (χ4v) is 5.15. The van der Waals surface area contributed by atoms with Crippen LogP contribution >= 0.6 is 0 Å². The fourth-order valence-electron chi connectivity index (χ4n) is 5.15. The molecule has 1 aromatic heterocycles. The van der Waals surface area contributed by atoms with Crippen molar-refractivity contribution >= 4 is 63.3 Å². The second-order valence-corrected chi connectivity index (χ2v) is 10.6. The van der Waals surface area contributed by atoms with Crippen LogP contribution in [-0.2, 0) is 19.2 Å². The minimum atomic E-state index is -0.863. The van der Waals surface area contributed by atoms with Crippen molar-refractivity contribution in [2.24, 2.45) is 5.92 Å². The van der Waals surface area contributed by atoms with Crippen molar-refractivity contribution in [2.75, 3.05) is 33.1 Å². The zero-order chi connectivity index (χ0) is 31.2. The van der Waals surface area contributed by atoms with Crippen molar-refractivity contribution in [3.8, 4) is 0 Å². The summed E-state index contributed by atoms with van der Waals surface area (Å²) in [5.41, 5.74) is 0.663. The molecule has 0 saturated carbocycles. The molecule has 0 unspecified atom stereocenters. The van der Waals surface area contributed by atoms with Crippen LogP contribution in [0.4, 0.5) is 22.7 Å². The zero-order valence-corrected chi connectivity index (χ0v) is 24.4. The Morgan fingerprint density at radius 2 is 1.49 bits per heavy atom. The zero-order valence-electron chi connectivity index (χ0n) is 24.4. The summed E-state index contributed by atoms with van der Waals surface area (Å²) in [6.07, 6.45) is 2.41. The number of carbonyl (C=O) groups is 5. The first-order chi connectivity index (χ1) is 20.4. The van der Waals surface area contributed by atoms with Crippen LogP contribution in [0, 0.1) is 5.92 Å². The number of benzene rings is 2. The molecular weight excluding hydrogens is 552 g/mol. The highest BCUT2D eigenvalue weighted by atomic mass is 16.4. The molecule has 11 heteroatoms. The largest absolute Gasteiger partial charge is 0.422 e. The Balaban J connectivity index is 1.53. The number of carbonyl (C=O) groups excluding carboxylic acids is 5. The van der Waals surface area contributed by atoms with Gasteiger partial charge in [0.2, 0.25) is 0 Å². The van der Waals surface area contributed by atoms with Crippen LogP contribution in [0.3, 0.4) is 0 Å². The van der Waals surface area contributed by atoms with Crippen molar-refractivity contribution < 1.29 is 28.4 Å². The molecule has 11 nitrogen and oxygen atoms in total. The van der Waals surface area contributed by atoms with E-state index < -0.39 is 35.2 Å². The Morgan fingerprint density at radius 1 is 0.860 bits per heavy atom. The average molecular weight is 583 g/mol. The van der Waals surface area contributed by atoms with Crippen molar-refractivity contribution in [1.29, 1.82) is 0 Å². The molecule has 2 aliphatic rings. The number of nitrogens with one attached hydrogen (secondary N) is 1. The molecule has 5 rings (SSSR count). The number of rotatable bonds is 8. The maximum atomic E-state index is 13.4. The van der Waals surface area contributed by atoms with Crippen LogP contribution in [0.5, 0.6) is 0 Å². The first kappa shape index (κ1) is 29.2. The number of nitrogens with zero attached hydrogens (tertiary/aromatic N) is 3. The van der Waals surface area contributed by atoms with E-state index in [9.17, 15) is 28.8 Å². The molecule has 0 atom stereocenters. The van der Waals surface area contributed by atoms with Crippen LogP contribution < -0.4 is 25.6 Å². The predicted molar refractivity (Wildman–Crippen MR) is 162 cm³/mol. The average Bonchev–Trinajstić information content (AvgIpc) is 3.40. The number of hydrogen-bond donors (Lipinski definition) is 1. The van der Waals surface area contributed by atoms with Gasteiger partial charge in [-0.2, -0.15) is 0 Å². The van der Waals surface area contributed by atoms with Gasteiger partial charge in [0.05, 0.1) is 11.4 Å². The van der Waals surface area contributed by atoms with E-state index >= 15 is 0 Å². The van der Waals surface area contributed by atoms with Gasteiger partial charge in [0.15, 0.2) is 0 Å². The van der Waals surface area contributed by atoms with Gasteiger partial charge in [-0.25, -0.2) is 14.6 Å². The van der Waals surface area contributed by atoms with E-state index in [1.165, 1.54) is 43.3 Å². The summed E-state index contributed by atoms with van der Waals surface area (Å²) in [6, 6.07) is 10.8. The Kier molecular flexibility index (Phi) is 7.58. The van der Waals surface area contributed by atoms with Crippen LogP contribution in [0.1, 0.15) is 45.0 Å². The monoisotopic (exact) mass is 582 g/mol. The van der Waals surface area contributed by atoms with Gasteiger partial charge in [-0.15, -0.1) is 0 Å². The van der Waals surface area contributed by atoms with Gasteiger partial charge >= 0.3 is 5.63 Å². The van der Waals surface area contributed by atoms with Crippen molar-refractivity contribution in [3.05, 3.63) is 81.7 Å². The third kappa shape index (κ3) is 5.25. The van der Waals surface area contributed by atoms with Crippen molar-refractivity contribution in [3.63, 3.8) is 0 Å². The molecule has 0 bridgehead atoms. The molecule has 3 heterocycles. The second-order valence-electron chi connectivity index (χ2n) is 10.6. The molecule has 0 radical (unpaired) electrons. The number of imide groups is 2. The van der Waals surface area contributed by atoms with E-state index in [2.05, 4.69) is 10.2 Å². The molecule has 0 spiro atoms. The van der Waals surface area contributed by atoms with Gasteiger partial charge in [-0.05, 0) is 63.1 Å². The lowest BCUT2D eigenvalue weighted by atomic mass is 10.0. The summed E-state index contributed by atoms with van der Waals surface area (Å²) in [5, 5.41) is 3.14. The van der Waals surface area contributed by atoms with Gasteiger partial charge in [0.1, 0.15) is 11.1 Å². The lowest BCUT2D eigenvalue weighted by molar-refractivity contribution is -0.121. The fraction of sp³-hybridized carbons (Fsp3) is 0.250. The van der Waals surface area contributed by atoms with Gasteiger partial charge in [-0.3, -0.25) is 24.0 Å². The molecule has 3 aromatic rings. The topological polar surface area (TPSA) is 137 Å². The van der Waals surface area contributed by atoms with Gasteiger partial charge in [0.25, 0.3) is 29.5 Å². The number of anilines is 4. The molecular formula is C32H30N4O7. The van der Waals surface area contributed by atoms with E-state index in [0.29, 0.717) is 16.5 Å². The summed E-state index contributed by atoms with van der Waals surface area (Å²) in [5.74, 6) is -3.40. The van der Waals surface area contributed by atoms with Crippen LogP contribution in [-0.4, -0.2) is 42.6 Å². The Hall–Kier alpha value is -5.32. The summed E-state index contributed by atoms with van der Waals surface area (Å²) in [4.78, 5) is 81.6. The molecule has 5 amide bonds. The minimum absolute atomic E-state index is 0.0315. The first-order valence-corrected chi connectivity index (χ1v) is 13.9. The molecule has 2 aliphatic heterocycles. The number of amides is 5. The van der Waals surface area contributed by atoms with Gasteiger partial charge < -0.3 is 14.6 Å². The maximum absolute atomic E-state index is 13.4. The Bertz CT molecular complexity index is 1850. The third-order valence-electron chi connectivity index (χ3n) is 7.44. The molecule has 0 aliphatic carbocycles. The summed E-state index contributed by atoms with van der Waals surface area (Å²) >= 11 is 0. The molecule has 1 N–H and O–H groups in total. The molecule has 2 aromatic carbocycles. The van der Waals surface area contributed by atoms with E-state index in [1.807, 2.05) is 19.9 Å². The highest BCUT2D eigenvalue weighted by Gasteiger charge is 2.36. The van der Waals surface area contributed by atoms with Gasteiger partial charge in [0, 0.05) is 59.2 Å². The minimum Gasteiger partial charge on any atom is -0.422 e. The lowest BCUT2D eigenvalue weighted by Crippen LogP contribution is -2.33. The van der Waals surface area contributed by atoms with E-state index in [-0.39, 0.29) is 34.1 Å². The van der Waals surface area contributed by atoms with Crippen LogP contribution in [0.15, 0.2) is 75.0 Å². The maximum Gasteiger partial charge on any atom is 0.349 e.